The van der Waals surface area contributed by atoms with E-state index in [1.165, 1.54) is 11.3 Å². The number of carbonyl (C=O) groups is 1. The van der Waals surface area contributed by atoms with E-state index >= 15 is 0 Å². The summed E-state index contributed by atoms with van der Waals surface area (Å²) in [5.41, 5.74) is 2.41. The van der Waals surface area contributed by atoms with Gasteiger partial charge < -0.3 is 14.4 Å². The standard InChI is InChI=1S/C13H16BrNO2/c14-12-10-11(2-1-7-16)3-4-13(12)15-5-8-17-9-6-15/h3-4,7,10H,1-2,5-6,8-9H2. The molecule has 92 valence electrons. The maximum Gasteiger partial charge on any atom is 0.120 e. The highest BCUT2D eigenvalue weighted by molar-refractivity contribution is 9.10. The highest BCUT2D eigenvalue weighted by Crippen LogP contribution is 2.28. The third-order valence-corrected chi connectivity index (χ3v) is 3.55. The second kappa shape index (κ2) is 6.17. The molecule has 0 aromatic heterocycles. The van der Waals surface area contributed by atoms with Crippen LogP contribution in [0.3, 0.4) is 0 Å². The number of anilines is 1. The van der Waals surface area contributed by atoms with Crippen LogP contribution >= 0.6 is 15.9 Å². The molecule has 4 heteroatoms. The average molecular weight is 298 g/mol. The van der Waals surface area contributed by atoms with Gasteiger partial charge in [-0.15, -0.1) is 0 Å². The van der Waals surface area contributed by atoms with Gasteiger partial charge in [0.15, 0.2) is 0 Å². The van der Waals surface area contributed by atoms with Gasteiger partial charge in [0.1, 0.15) is 6.29 Å². The van der Waals surface area contributed by atoms with E-state index < -0.39 is 0 Å². The summed E-state index contributed by atoms with van der Waals surface area (Å²) in [4.78, 5) is 12.7. The molecule has 17 heavy (non-hydrogen) atoms. The van der Waals surface area contributed by atoms with Crippen LogP contribution in [0.5, 0.6) is 0 Å². The van der Waals surface area contributed by atoms with Crippen molar-refractivity contribution in [3.63, 3.8) is 0 Å². The highest BCUT2D eigenvalue weighted by Gasteiger charge is 2.13. The van der Waals surface area contributed by atoms with Gasteiger partial charge in [-0.3, -0.25) is 0 Å². The maximum atomic E-state index is 10.3. The molecule has 1 aliphatic rings. The van der Waals surface area contributed by atoms with Crippen molar-refractivity contribution in [2.45, 2.75) is 12.8 Å². The summed E-state index contributed by atoms with van der Waals surface area (Å²) in [5.74, 6) is 0. The molecule has 0 spiro atoms. The zero-order valence-corrected chi connectivity index (χ0v) is 11.3. The summed E-state index contributed by atoms with van der Waals surface area (Å²) in [7, 11) is 0. The number of ether oxygens (including phenoxy) is 1. The average Bonchev–Trinajstić information content (AvgIpc) is 2.37. The van der Waals surface area contributed by atoms with Gasteiger partial charge >= 0.3 is 0 Å². The molecule has 1 heterocycles. The lowest BCUT2D eigenvalue weighted by Gasteiger charge is -2.29. The lowest BCUT2D eigenvalue weighted by molar-refractivity contribution is -0.107. The number of nitrogens with zero attached hydrogens (tertiary/aromatic N) is 1. The van der Waals surface area contributed by atoms with Gasteiger partial charge in [0, 0.05) is 24.0 Å². The van der Waals surface area contributed by atoms with E-state index in [4.69, 9.17) is 4.74 Å². The lowest BCUT2D eigenvalue weighted by Crippen LogP contribution is -2.36. The van der Waals surface area contributed by atoms with E-state index in [9.17, 15) is 4.79 Å². The Bertz CT molecular complexity index is 389. The molecule has 0 unspecified atom stereocenters. The smallest absolute Gasteiger partial charge is 0.120 e. The maximum absolute atomic E-state index is 10.3. The van der Waals surface area contributed by atoms with E-state index in [1.54, 1.807) is 0 Å². The first kappa shape index (κ1) is 12.6. The summed E-state index contributed by atoms with van der Waals surface area (Å²) in [5, 5.41) is 0. The fourth-order valence-corrected chi connectivity index (χ4v) is 2.67. The molecule has 2 rings (SSSR count). The van der Waals surface area contributed by atoms with Gasteiger partial charge in [0.25, 0.3) is 0 Å². The van der Waals surface area contributed by atoms with Crippen LogP contribution < -0.4 is 4.90 Å². The zero-order valence-electron chi connectivity index (χ0n) is 9.69. The summed E-state index contributed by atoms with van der Waals surface area (Å²) in [6.45, 7) is 3.46. The number of benzene rings is 1. The molecule has 0 N–H and O–H groups in total. The normalized spacial score (nSPS) is 15.9. The topological polar surface area (TPSA) is 29.5 Å². The van der Waals surface area contributed by atoms with Gasteiger partial charge in [0.05, 0.1) is 18.9 Å². The second-order valence-corrected chi connectivity index (χ2v) is 4.94. The highest BCUT2D eigenvalue weighted by atomic mass is 79.9. The van der Waals surface area contributed by atoms with E-state index in [1.807, 2.05) is 0 Å². The SMILES string of the molecule is O=CCCc1ccc(N2CCOCC2)c(Br)c1. The molecule has 0 radical (unpaired) electrons. The molecular formula is C13H16BrNO2. The number of aryl methyl sites for hydroxylation is 1. The number of carbonyl (C=O) groups excluding carboxylic acids is 1. The van der Waals surface area contributed by atoms with Gasteiger partial charge in [-0.2, -0.15) is 0 Å². The number of morpholine rings is 1. The van der Waals surface area contributed by atoms with E-state index in [0.29, 0.717) is 6.42 Å². The minimum absolute atomic E-state index is 0.587. The van der Waals surface area contributed by atoms with Crippen molar-refractivity contribution in [1.29, 1.82) is 0 Å². The lowest BCUT2D eigenvalue weighted by atomic mass is 10.1. The van der Waals surface area contributed by atoms with Gasteiger partial charge in [-0.1, -0.05) is 6.07 Å². The molecule has 0 bridgehead atoms. The summed E-state index contributed by atoms with van der Waals surface area (Å²) in [6.07, 6.45) is 2.36. The fourth-order valence-electron chi connectivity index (χ4n) is 1.99. The molecule has 0 atom stereocenters. The number of rotatable bonds is 4. The minimum atomic E-state index is 0.587. The van der Waals surface area contributed by atoms with Crippen LogP contribution in [0.2, 0.25) is 0 Å². The number of aldehydes is 1. The third-order valence-electron chi connectivity index (χ3n) is 2.91. The second-order valence-electron chi connectivity index (χ2n) is 4.09. The molecule has 0 aliphatic carbocycles. The molecule has 3 nitrogen and oxygen atoms in total. The van der Waals surface area contributed by atoms with Crippen LogP contribution in [0.1, 0.15) is 12.0 Å². The van der Waals surface area contributed by atoms with Crippen LogP contribution in [0.15, 0.2) is 22.7 Å². The van der Waals surface area contributed by atoms with Gasteiger partial charge in [-0.25, -0.2) is 0 Å². The number of hydrogen-bond acceptors (Lipinski definition) is 3. The Labute approximate surface area is 110 Å². The molecule has 1 fully saturated rings. The Morgan fingerprint density at radius 2 is 2.12 bits per heavy atom. The predicted octanol–water partition coefficient (Wildman–Crippen LogP) is 2.42. The Hall–Kier alpha value is -0.870. The van der Waals surface area contributed by atoms with Crippen LogP contribution in [-0.2, 0) is 16.0 Å². The first-order chi connectivity index (χ1) is 8.31. The molecule has 0 amide bonds. The van der Waals surface area contributed by atoms with E-state index in [0.717, 1.165) is 43.5 Å². The fraction of sp³-hybridized carbons (Fsp3) is 0.462. The molecule has 1 saturated heterocycles. The van der Waals surface area contributed by atoms with Crippen molar-refractivity contribution in [3.8, 4) is 0 Å². The third kappa shape index (κ3) is 3.30. The van der Waals surface area contributed by atoms with Crippen LogP contribution in [0, 0.1) is 0 Å². The number of halogens is 1. The summed E-state index contributed by atoms with van der Waals surface area (Å²) >= 11 is 3.60. The van der Waals surface area contributed by atoms with Crippen molar-refractivity contribution >= 4 is 27.9 Å². The van der Waals surface area contributed by atoms with Crippen LogP contribution in [0.4, 0.5) is 5.69 Å². The first-order valence-electron chi connectivity index (χ1n) is 5.86. The molecule has 1 aliphatic heterocycles. The van der Waals surface area contributed by atoms with Crippen molar-refractivity contribution in [2.24, 2.45) is 0 Å². The van der Waals surface area contributed by atoms with Crippen molar-refractivity contribution < 1.29 is 9.53 Å². The Balaban J connectivity index is 2.10. The van der Waals surface area contributed by atoms with E-state index in [2.05, 4.69) is 39.0 Å². The van der Waals surface area contributed by atoms with Crippen molar-refractivity contribution in [2.75, 3.05) is 31.2 Å². The molecular weight excluding hydrogens is 282 g/mol. The number of hydrogen-bond donors (Lipinski definition) is 0. The Morgan fingerprint density at radius 3 is 2.76 bits per heavy atom. The van der Waals surface area contributed by atoms with Crippen molar-refractivity contribution in [1.82, 2.24) is 0 Å². The summed E-state index contributed by atoms with van der Waals surface area (Å²) in [6, 6.07) is 6.32. The molecule has 1 aromatic carbocycles. The zero-order chi connectivity index (χ0) is 12.1. The largest absolute Gasteiger partial charge is 0.378 e. The molecule has 0 saturated carbocycles. The first-order valence-corrected chi connectivity index (χ1v) is 6.65. The van der Waals surface area contributed by atoms with Crippen LogP contribution in [0.25, 0.3) is 0 Å². The van der Waals surface area contributed by atoms with Gasteiger partial charge in [-0.05, 0) is 40.0 Å². The quantitative estimate of drug-likeness (QED) is 0.800. The predicted molar refractivity (Wildman–Crippen MR) is 71.6 cm³/mol. The van der Waals surface area contributed by atoms with Crippen LogP contribution in [-0.4, -0.2) is 32.6 Å². The molecule has 1 aromatic rings. The minimum Gasteiger partial charge on any atom is -0.378 e. The monoisotopic (exact) mass is 297 g/mol. The van der Waals surface area contributed by atoms with E-state index in [-0.39, 0.29) is 0 Å². The summed E-state index contributed by atoms with van der Waals surface area (Å²) < 4.78 is 6.44. The van der Waals surface area contributed by atoms with Gasteiger partial charge in [0.2, 0.25) is 0 Å². The van der Waals surface area contributed by atoms with Crippen molar-refractivity contribution in [3.05, 3.63) is 28.2 Å². The Morgan fingerprint density at radius 1 is 1.35 bits per heavy atom. The Kier molecular flexibility index (Phi) is 4.57.